The van der Waals surface area contributed by atoms with Gasteiger partial charge < -0.3 is 56.5 Å². The van der Waals surface area contributed by atoms with Crippen LogP contribution in [-0.2, 0) is 0 Å². The third-order valence-corrected chi connectivity index (χ3v) is 10.2. The number of nitrogens with one attached hydrogen (secondary N) is 3. The number of nitrogens with zero attached hydrogens (tertiary/aromatic N) is 9. The molecule has 334 valence electrons. The van der Waals surface area contributed by atoms with Gasteiger partial charge in [-0.05, 0) is 64.2 Å². The number of halogens is 1. The molecular formula is C35H62B2ClN13O6S3. The lowest BCUT2D eigenvalue weighted by molar-refractivity contribution is 0.0685. The van der Waals surface area contributed by atoms with Crippen LogP contribution in [0, 0.1) is 0 Å². The number of guanidine groups is 1. The second kappa shape index (κ2) is 32.8. The molecule has 0 spiro atoms. The molecule has 25 heteroatoms. The zero-order chi connectivity index (χ0) is 44.2. The molecule has 0 radical (unpaired) electrons. The summed E-state index contributed by atoms with van der Waals surface area (Å²) in [6, 6.07) is 2.87. The van der Waals surface area contributed by atoms with Gasteiger partial charge in [-0.15, -0.1) is 12.4 Å². The second-order valence-electron chi connectivity index (χ2n) is 12.2. The monoisotopic (exact) mass is 913 g/mol. The smallest absolute Gasteiger partial charge is 0.411 e. The molecule has 0 atom stereocenters. The molecule has 4 aliphatic heterocycles. The number of amidine groups is 3. The van der Waals surface area contributed by atoms with Crippen molar-refractivity contribution in [1.82, 2.24) is 35.1 Å². The lowest BCUT2D eigenvalue weighted by atomic mass is 9.86. The van der Waals surface area contributed by atoms with Gasteiger partial charge in [0.25, 0.3) is 0 Å². The van der Waals surface area contributed by atoms with Crippen LogP contribution in [0.15, 0.2) is 56.9 Å². The fraction of sp³-hybridized carbons (Fsp3) is 0.543. The molecule has 0 fully saturated rings. The van der Waals surface area contributed by atoms with Crippen LogP contribution in [0.4, 0.5) is 11.4 Å². The Morgan fingerprint density at radius 3 is 1.55 bits per heavy atom. The maximum Gasteiger partial charge on any atom is 0.411 e. The lowest BCUT2D eigenvalue weighted by Crippen LogP contribution is -2.38. The Morgan fingerprint density at radius 1 is 0.750 bits per heavy atom. The van der Waals surface area contributed by atoms with Gasteiger partial charge in [0.2, 0.25) is 0 Å². The second-order valence-corrected chi connectivity index (χ2v) is 14.5. The highest BCUT2D eigenvalue weighted by Gasteiger charge is 2.23. The van der Waals surface area contributed by atoms with Gasteiger partial charge in [-0.25, -0.2) is 9.59 Å². The van der Waals surface area contributed by atoms with Crippen LogP contribution in [0.5, 0.6) is 0 Å². The van der Waals surface area contributed by atoms with Gasteiger partial charge >= 0.3 is 26.0 Å². The average Bonchev–Trinajstić information content (AvgIpc) is 4.08. The summed E-state index contributed by atoms with van der Waals surface area (Å²) in [7, 11) is -0.789. The predicted molar refractivity (Wildman–Crippen MR) is 258 cm³/mol. The van der Waals surface area contributed by atoms with Crippen LogP contribution in [0.25, 0.3) is 0 Å². The number of aliphatic imine (C=N–C) groups is 4. The topological polar surface area (TPSA) is 262 Å². The fourth-order valence-electron chi connectivity index (χ4n) is 4.94. The predicted octanol–water partition coefficient (Wildman–Crippen LogP) is 2.85. The van der Waals surface area contributed by atoms with E-state index in [4.69, 9.17) is 15.9 Å². The van der Waals surface area contributed by atoms with Gasteiger partial charge in [0.15, 0.2) is 11.1 Å². The van der Waals surface area contributed by atoms with Gasteiger partial charge in [0, 0.05) is 44.8 Å². The van der Waals surface area contributed by atoms with Gasteiger partial charge in [-0.3, -0.25) is 29.9 Å². The van der Waals surface area contributed by atoms with Gasteiger partial charge in [-0.2, -0.15) is 0 Å². The number of hydrogen-bond acceptors (Lipinski definition) is 20. The van der Waals surface area contributed by atoms with E-state index in [1.807, 2.05) is 28.4 Å². The Labute approximate surface area is 374 Å². The Kier molecular flexibility index (Phi) is 30.6. The van der Waals surface area contributed by atoms with Crippen molar-refractivity contribution in [1.29, 1.82) is 0 Å². The summed E-state index contributed by atoms with van der Waals surface area (Å²) in [4.78, 5) is 51.2. The van der Waals surface area contributed by atoms with Crippen LogP contribution in [0.1, 0.15) is 41.5 Å². The summed E-state index contributed by atoms with van der Waals surface area (Å²) in [5.74, 6) is -1.35. The van der Waals surface area contributed by atoms with Crippen molar-refractivity contribution in [2.24, 2.45) is 20.0 Å². The zero-order valence-corrected chi connectivity index (χ0v) is 39.0. The number of carboxylic acids is 2. The van der Waals surface area contributed by atoms with Crippen molar-refractivity contribution >= 4 is 107 Å². The molecular weight excluding hydrogens is 852 g/mol. The number of anilines is 2. The van der Waals surface area contributed by atoms with Crippen molar-refractivity contribution in [2.75, 3.05) is 102 Å². The summed E-state index contributed by atoms with van der Waals surface area (Å²) >= 11 is 4.84. The Hall–Kier alpha value is -3.93. The molecule has 0 aromatic carbocycles. The maximum absolute atomic E-state index is 10.7. The van der Waals surface area contributed by atoms with E-state index in [0.29, 0.717) is 17.3 Å². The van der Waals surface area contributed by atoms with Crippen molar-refractivity contribution in [3.8, 4) is 0 Å². The zero-order valence-electron chi connectivity index (χ0n) is 35.7. The van der Waals surface area contributed by atoms with Crippen molar-refractivity contribution in [3.63, 3.8) is 0 Å². The van der Waals surface area contributed by atoms with E-state index in [1.165, 1.54) is 50.4 Å². The summed E-state index contributed by atoms with van der Waals surface area (Å²) < 4.78 is 0. The molecule has 0 amide bonds. The minimum atomic E-state index is -1.01. The SMILES string of the molecule is CCN(CC)CC.CSC1=NCCN1.CSC1=NCCN1B(C)O.CSC1=NCCN1B(C)O.Cl.Nc1cncc(C(=O)O)c1.O=C(O)c1cncc(NC2=NCCN2)c1. The van der Waals surface area contributed by atoms with E-state index in [2.05, 4.69) is 71.6 Å². The molecule has 4 aliphatic rings. The number of aromatic nitrogens is 2. The van der Waals surface area contributed by atoms with Crippen molar-refractivity contribution in [3.05, 3.63) is 48.0 Å². The summed E-state index contributed by atoms with van der Waals surface area (Å²) in [6.07, 6.45) is 11.5. The molecule has 2 aromatic rings. The van der Waals surface area contributed by atoms with E-state index in [9.17, 15) is 19.6 Å². The molecule has 19 nitrogen and oxygen atoms in total. The highest BCUT2D eigenvalue weighted by atomic mass is 35.5. The minimum Gasteiger partial charge on any atom is -0.478 e. The number of aromatic carboxylic acids is 2. The van der Waals surface area contributed by atoms with E-state index in [0.717, 1.165) is 67.9 Å². The first-order valence-corrected chi connectivity index (χ1v) is 22.7. The van der Waals surface area contributed by atoms with Crippen LogP contribution < -0.4 is 21.7 Å². The van der Waals surface area contributed by atoms with Gasteiger partial charge in [0.1, 0.15) is 10.3 Å². The number of nitrogens with two attached hydrogens (primary N) is 1. The summed E-state index contributed by atoms with van der Waals surface area (Å²) in [5, 5.41) is 47.6. The van der Waals surface area contributed by atoms with E-state index < -0.39 is 26.0 Å². The number of carbonyl (C=O) groups is 2. The molecule has 0 saturated heterocycles. The molecule has 6 heterocycles. The molecule has 60 heavy (non-hydrogen) atoms. The third kappa shape index (κ3) is 22.6. The summed E-state index contributed by atoms with van der Waals surface area (Å²) in [5.41, 5.74) is 6.51. The normalized spacial score (nSPS) is 14.3. The molecule has 0 bridgehead atoms. The number of carboxylic acid groups (broad SMARTS) is 2. The highest BCUT2D eigenvalue weighted by Crippen LogP contribution is 2.13. The van der Waals surface area contributed by atoms with Crippen molar-refractivity contribution in [2.45, 2.75) is 34.4 Å². The molecule has 6 rings (SSSR count). The lowest BCUT2D eigenvalue weighted by Gasteiger charge is -2.18. The number of thioether (sulfide) groups is 3. The number of rotatable bonds is 8. The number of pyridine rings is 2. The highest BCUT2D eigenvalue weighted by molar-refractivity contribution is 8.13. The third-order valence-electron chi connectivity index (χ3n) is 8.04. The minimum absolute atomic E-state index is 0. The van der Waals surface area contributed by atoms with Gasteiger partial charge in [0.05, 0.1) is 54.9 Å². The van der Waals surface area contributed by atoms with Gasteiger partial charge in [-0.1, -0.05) is 56.1 Å². The quantitative estimate of drug-likeness (QED) is 0.177. The largest absolute Gasteiger partial charge is 0.478 e. The molecule has 2 aromatic heterocycles. The first kappa shape index (κ1) is 56.1. The van der Waals surface area contributed by atoms with Crippen molar-refractivity contribution < 1.29 is 29.9 Å². The van der Waals surface area contributed by atoms with Crippen LogP contribution in [0.3, 0.4) is 0 Å². The van der Waals surface area contributed by atoms with E-state index in [1.54, 1.807) is 55.1 Å². The number of nitrogen functional groups attached to an aromatic ring is 1. The Morgan fingerprint density at radius 2 is 1.23 bits per heavy atom. The Bertz CT molecular complexity index is 1640. The van der Waals surface area contributed by atoms with Crippen LogP contribution >= 0.6 is 47.7 Å². The van der Waals surface area contributed by atoms with E-state index in [-0.39, 0.29) is 23.5 Å². The first-order chi connectivity index (χ1) is 28.2. The average molecular weight is 914 g/mol. The molecule has 9 N–H and O–H groups in total. The molecule has 0 unspecified atom stereocenters. The molecule has 0 saturated carbocycles. The summed E-state index contributed by atoms with van der Waals surface area (Å²) in [6.45, 7) is 20.5. The van der Waals surface area contributed by atoms with E-state index >= 15 is 0 Å². The molecule has 0 aliphatic carbocycles. The maximum atomic E-state index is 10.7. The fourth-order valence-corrected chi connectivity index (χ4v) is 6.80. The van der Waals surface area contributed by atoms with Crippen LogP contribution in [-0.4, -0.2) is 183 Å². The van der Waals surface area contributed by atoms with Crippen LogP contribution in [0.2, 0.25) is 13.6 Å². The standard InChI is InChI=1S/C9H10N4O2.C6H6N2O2.C6H15N.2C5H11BN2OS.C4H8N2S.ClH/c14-8(15)6-3-7(5-10-4-6)13-9-11-1-2-12-9;7-5-1-4(6(9)10)2-8-3-5;1-4-7(5-2)6-3;2*1-6(9)8-4-3-7-5(8)10-2;1-7-4-5-2-3-6-4;/h3-5H,1-2H2,(H,14,15)(H2,11,12,13);1-3H,7H2,(H,9,10);4-6H2,1-3H3;2*9H,3-4H2,1-2H3;2-3H2,1H3,(H,5,6);1H. The Balaban J connectivity index is 0.000000708. The number of hydrogen-bond donors (Lipinski definition) is 8. The first-order valence-electron chi connectivity index (χ1n) is 19.0.